The summed E-state index contributed by atoms with van der Waals surface area (Å²) in [5, 5.41) is 23.3. The van der Waals surface area contributed by atoms with E-state index in [0.717, 1.165) is 22.3 Å². The third-order valence-corrected chi connectivity index (χ3v) is 6.27. The molecular weight excluding hydrogens is 446 g/mol. The van der Waals surface area contributed by atoms with E-state index in [1.165, 1.54) is 13.8 Å². The van der Waals surface area contributed by atoms with Crippen molar-refractivity contribution < 1.29 is 24.2 Å². The van der Waals surface area contributed by atoms with Crippen molar-refractivity contribution in [2.24, 2.45) is 5.41 Å². The monoisotopic (exact) mass is 477 g/mol. The summed E-state index contributed by atoms with van der Waals surface area (Å²) >= 11 is 0. The summed E-state index contributed by atoms with van der Waals surface area (Å²) in [6.07, 6.45) is 1.09. The van der Waals surface area contributed by atoms with Crippen LogP contribution in [-0.4, -0.2) is 42.3 Å². The Bertz CT molecular complexity index is 1080. The van der Waals surface area contributed by atoms with E-state index < -0.39 is 29.4 Å². The van der Waals surface area contributed by atoms with Crippen molar-refractivity contribution in [3.05, 3.63) is 59.7 Å². The van der Waals surface area contributed by atoms with Gasteiger partial charge in [0.05, 0.1) is 11.5 Å². The molecule has 0 fully saturated rings. The van der Waals surface area contributed by atoms with Gasteiger partial charge in [-0.05, 0) is 55.4 Å². The van der Waals surface area contributed by atoms with E-state index in [2.05, 4.69) is 28.8 Å². The number of alkyl carbamates (subject to hydrolysis) is 1. The van der Waals surface area contributed by atoms with Crippen molar-refractivity contribution in [2.45, 2.75) is 51.5 Å². The maximum atomic E-state index is 12.8. The molecule has 0 heterocycles. The summed E-state index contributed by atoms with van der Waals surface area (Å²) < 4.78 is 5.55. The molecule has 0 saturated carbocycles. The molecule has 1 unspecified atom stereocenters. The minimum absolute atomic E-state index is 0.0811. The molecule has 1 atom stereocenters. The quantitative estimate of drug-likeness (QED) is 0.416. The van der Waals surface area contributed by atoms with Gasteiger partial charge in [0, 0.05) is 18.9 Å². The number of nitrogens with one attached hydrogen (secondary N) is 2. The molecule has 2 amide bonds. The van der Waals surface area contributed by atoms with Gasteiger partial charge in [0.2, 0.25) is 5.91 Å². The second-order valence-corrected chi connectivity index (χ2v) is 9.33. The first-order valence-corrected chi connectivity index (χ1v) is 11.7. The Morgan fingerprint density at radius 1 is 1.06 bits per heavy atom. The van der Waals surface area contributed by atoms with Crippen molar-refractivity contribution in [3.8, 4) is 17.2 Å². The topological polar surface area (TPSA) is 129 Å². The van der Waals surface area contributed by atoms with Crippen LogP contribution < -0.4 is 10.6 Å². The van der Waals surface area contributed by atoms with Crippen LogP contribution in [-0.2, 0) is 14.3 Å². The van der Waals surface area contributed by atoms with E-state index in [-0.39, 0.29) is 19.1 Å². The zero-order valence-electron chi connectivity index (χ0n) is 20.0. The van der Waals surface area contributed by atoms with Crippen molar-refractivity contribution >= 4 is 18.0 Å². The first kappa shape index (κ1) is 25.8. The van der Waals surface area contributed by atoms with E-state index >= 15 is 0 Å². The lowest BCUT2D eigenvalue weighted by atomic mass is 9.93. The summed E-state index contributed by atoms with van der Waals surface area (Å²) in [6, 6.07) is 17.2. The average molecular weight is 478 g/mol. The van der Waals surface area contributed by atoms with Crippen LogP contribution in [0.5, 0.6) is 0 Å². The van der Waals surface area contributed by atoms with Crippen LogP contribution in [0.25, 0.3) is 11.1 Å². The molecule has 8 nitrogen and oxygen atoms in total. The molecular formula is C27H31N3O5. The lowest BCUT2D eigenvalue weighted by Crippen LogP contribution is -2.49. The van der Waals surface area contributed by atoms with Crippen LogP contribution >= 0.6 is 0 Å². The van der Waals surface area contributed by atoms with Gasteiger partial charge < -0.3 is 20.5 Å². The highest BCUT2D eigenvalue weighted by Crippen LogP contribution is 2.44. The molecule has 1 aliphatic carbocycles. The molecule has 3 N–H and O–H groups in total. The Kier molecular flexibility index (Phi) is 8.48. The molecule has 0 spiro atoms. The molecule has 3 rings (SSSR count). The van der Waals surface area contributed by atoms with Crippen LogP contribution in [0.1, 0.15) is 56.6 Å². The number of nitrogens with zero attached hydrogens (tertiary/aromatic N) is 1. The summed E-state index contributed by atoms with van der Waals surface area (Å²) in [5.74, 6) is -1.62. The minimum atomic E-state index is -1.15. The molecule has 8 heteroatoms. The zero-order chi connectivity index (χ0) is 25.4. The van der Waals surface area contributed by atoms with Crippen LogP contribution in [0, 0.1) is 16.7 Å². The third kappa shape index (κ3) is 6.38. The van der Waals surface area contributed by atoms with E-state index in [1.54, 1.807) is 0 Å². The lowest BCUT2D eigenvalue weighted by Gasteiger charge is -2.23. The normalized spacial score (nSPS) is 13.2. The summed E-state index contributed by atoms with van der Waals surface area (Å²) in [6.45, 7) is 3.06. The predicted octanol–water partition coefficient (Wildman–Crippen LogP) is 4.20. The van der Waals surface area contributed by atoms with Crippen LogP contribution in [0.4, 0.5) is 4.79 Å². The largest absolute Gasteiger partial charge is 0.481 e. The number of nitriles is 1. The Balaban J connectivity index is 1.63. The summed E-state index contributed by atoms with van der Waals surface area (Å²) in [5.41, 5.74) is 3.26. The van der Waals surface area contributed by atoms with Crippen LogP contribution in [0.15, 0.2) is 48.5 Å². The number of amides is 2. The summed E-state index contributed by atoms with van der Waals surface area (Å²) in [7, 11) is 0. The fourth-order valence-electron chi connectivity index (χ4n) is 4.11. The number of carboxylic acid groups (broad SMARTS) is 1. The second-order valence-electron chi connectivity index (χ2n) is 9.33. The highest BCUT2D eigenvalue weighted by molar-refractivity contribution is 5.86. The number of aliphatic carboxylic acids is 1. The molecule has 184 valence electrons. The number of hydrogen-bond acceptors (Lipinski definition) is 5. The van der Waals surface area contributed by atoms with Crippen LogP contribution in [0.2, 0.25) is 0 Å². The molecule has 0 saturated heterocycles. The number of ether oxygens (including phenoxy) is 1. The van der Waals surface area contributed by atoms with E-state index in [1.807, 2.05) is 36.4 Å². The fraction of sp³-hybridized carbons (Fsp3) is 0.407. The number of rotatable bonds is 11. The predicted molar refractivity (Wildman–Crippen MR) is 131 cm³/mol. The Hall–Kier alpha value is -3.86. The van der Waals surface area contributed by atoms with Gasteiger partial charge in [-0.2, -0.15) is 5.26 Å². The number of hydrogen-bond donors (Lipinski definition) is 3. The Morgan fingerprint density at radius 3 is 2.23 bits per heavy atom. The van der Waals surface area contributed by atoms with Gasteiger partial charge in [0.1, 0.15) is 12.6 Å². The molecule has 0 aromatic heterocycles. The number of fused-ring (bicyclic) bond motifs is 3. The molecule has 0 aliphatic heterocycles. The van der Waals surface area contributed by atoms with Gasteiger partial charge in [0.25, 0.3) is 0 Å². The number of carbonyl (C=O) groups is 3. The Morgan fingerprint density at radius 2 is 1.66 bits per heavy atom. The molecule has 0 bridgehead atoms. The number of unbranched alkanes of at least 4 members (excludes halogenated alkanes) is 2. The maximum Gasteiger partial charge on any atom is 0.407 e. The molecule has 1 aliphatic rings. The zero-order valence-corrected chi connectivity index (χ0v) is 20.0. The number of benzene rings is 2. The van der Waals surface area contributed by atoms with Gasteiger partial charge in [-0.15, -0.1) is 0 Å². The first-order chi connectivity index (χ1) is 16.7. The first-order valence-electron chi connectivity index (χ1n) is 11.7. The molecule has 2 aromatic carbocycles. The summed E-state index contributed by atoms with van der Waals surface area (Å²) in [4.78, 5) is 36.8. The van der Waals surface area contributed by atoms with Gasteiger partial charge in [-0.1, -0.05) is 48.5 Å². The highest BCUT2D eigenvalue weighted by Gasteiger charge is 2.31. The highest BCUT2D eigenvalue weighted by atomic mass is 16.5. The van der Waals surface area contributed by atoms with Crippen molar-refractivity contribution in [3.63, 3.8) is 0 Å². The molecule has 2 aromatic rings. The third-order valence-electron chi connectivity index (χ3n) is 6.27. The van der Waals surface area contributed by atoms with E-state index in [0.29, 0.717) is 25.7 Å². The Labute approximate surface area is 205 Å². The van der Waals surface area contributed by atoms with Crippen molar-refractivity contribution in [1.29, 1.82) is 5.26 Å². The molecule has 35 heavy (non-hydrogen) atoms. The lowest BCUT2D eigenvalue weighted by molar-refractivity contribution is -0.146. The van der Waals surface area contributed by atoms with Gasteiger partial charge in [-0.25, -0.2) is 4.79 Å². The van der Waals surface area contributed by atoms with E-state index in [9.17, 15) is 19.5 Å². The van der Waals surface area contributed by atoms with Crippen LogP contribution in [0.3, 0.4) is 0 Å². The molecule has 0 radical (unpaired) electrons. The number of carbonyl (C=O) groups excluding carboxylic acids is 2. The van der Waals surface area contributed by atoms with Crippen molar-refractivity contribution in [2.75, 3.05) is 13.2 Å². The SMILES string of the molecule is CC(C)(CNC(=O)C(CCCCC#N)NC(=O)OCC1c2ccccc2-c2ccccc21)C(=O)O. The van der Waals surface area contributed by atoms with Gasteiger partial charge >= 0.3 is 12.1 Å². The fourth-order valence-corrected chi connectivity index (χ4v) is 4.11. The van der Waals surface area contributed by atoms with Crippen molar-refractivity contribution in [1.82, 2.24) is 10.6 Å². The van der Waals surface area contributed by atoms with E-state index in [4.69, 9.17) is 10.00 Å². The smallest absolute Gasteiger partial charge is 0.407 e. The van der Waals surface area contributed by atoms with Gasteiger partial charge in [-0.3, -0.25) is 9.59 Å². The van der Waals surface area contributed by atoms with Gasteiger partial charge in [0.15, 0.2) is 0 Å². The number of carboxylic acids is 1. The maximum absolute atomic E-state index is 12.8. The average Bonchev–Trinajstić information content (AvgIpc) is 3.17. The second kappa shape index (κ2) is 11.5. The minimum Gasteiger partial charge on any atom is -0.481 e. The standard InChI is InChI=1S/C27H31N3O5/c1-27(2,25(32)33)17-29-24(31)23(14-4-3-9-15-28)30-26(34)35-16-22-20-12-7-5-10-18(20)19-11-6-8-13-21(19)22/h5-8,10-13,22-23H,3-4,9,14,16-17H2,1-2H3,(H,29,31)(H,30,34)(H,32,33).